The van der Waals surface area contributed by atoms with Crippen LogP contribution < -0.4 is 11.5 Å². The Morgan fingerprint density at radius 1 is 0.453 bits per heavy atom. The molecule has 0 bridgehead atoms. The fourth-order valence-electron chi connectivity index (χ4n) is 9.74. The van der Waals surface area contributed by atoms with E-state index in [1.165, 1.54) is 57.8 Å². The van der Waals surface area contributed by atoms with Gasteiger partial charge in [0.1, 0.15) is 10.8 Å². The van der Waals surface area contributed by atoms with E-state index in [4.69, 9.17) is 11.5 Å². The molecule has 0 aliphatic carbocycles. The number of nitrogens with two attached hydrogens (primary N) is 2. The quantitative estimate of drug-likeness (QED) is 0.0907. The summed E-state index contributed by atoms with van der Waals surface area (Å²) in [6.45, 7) is 6.01. The maximum absolute atomic E-state index is 13.4. The van der Waals surface area contributed by atoms with Crippen molar-refractivity contribution in [3.63, 3.8) is 0 Å². The zero-order valence-electron chi connectivity index (χ0n) is 31.6. The summed E-state index contributed by atoms with van der Waals surface area (Å²) in [6, 6.07) is 40.7. The van der Waals surface area contributed by atoms with Crippen LogP contribution in [0.1, 0.15) is 92.9 Å². The number of unbranched alkanes of at least 4 members (excludes halogenated alkanes) is 8. The van der Waals surface area contributed by atoms with Crippen molar-refractivity contribution in [2.45, 2.75) is 81.5 Å². The van der Waals surface area contributed by atoms with Crippen molar-refractivity contribution in [1.82, 2.24) is 9.80 Å². The topological polar surface area (TPSA) is 92.7 Å². The molecule has 2 saturated heterocycles. The molecule has 53 heavy (non-hydrogen) atoms. The van der Waals surface area contributed by atoms with E-state index in [0.29, 0.717) is 0 Å². The van der Waals surface area contributed by atoms with Crippen molar-refractivity contribution < 1.29 is 9.59 Å². The number of hydrogen-bond donors (Lipinski definition) is 2. The number of nitrogens with zero attached hydrogens (tertiary/aromatic N) is 2. The van der Waals surface area contributed by atoms with E-state index in [2.05, 4.69) is 58.3 Å². The van der Waals surface area contributed by atoms with E-state index >= 15 is 0 Å². The summed E-state index contributed by atoms with van der Waals surface area (Å²) in [4.78, 5) is 31.8. The molecule has 0 aromatic heterocycles. The second-order valence-corrected chi connectivity index (χ2v) is 15.6. The van der Waals surface area contributed by atoms with Gasteiger partial charge in [0, 0.05) is 13.1 Å². The van der Waals surface area contributed by atoms with E-state index in [-0.39, 0.29) is 23.7 Å². The molecule has 0 spiro atoms. The predicted octanol–water partition coefficient (Wildman–Crippen LogP) is 8.08. The summed E-state index contributed by atoms with van der Waals surface area (Å²) < 4.78 is 0. The first-order valence-corrected chi connectivity index (χ1v) is 20.2. The van der Waals surface area contributed by atoms with E-state index in [0.717, 1.165) is 74.4 Å². The van der Waals surface area contributed by atoms with Gasteiger partial charge < -0.3 is 21.3 Å². The molecule has 2 amide bonds. The van der Waals surface area contributed by atoms with Gasteiger partial charge in [-0.25, -0.2) is 0 Å². The zero-order valence-corrected chi connectivity index (χ0v) is 31.6. The van der Waals surface area contributed by atoms with Crippen molar-refractivity contribution in [1.29, 1.82) is 0 Å². The lowest BCUT2D eigenvalue weighted by Gasteiger charge is -2.37. The van der Waals surface area contributed by atoms with Crippen LogP contribution in [-0.2, 0) is 20.4 Å². The highest BCUT2D eigenvalue weighted by Gasteiger charge is 2.50. The van der Waals surface area contributed by atoms with Crippen molar-refractivity contribution >= 4 is 11.8 Å². The molecule has 4 aromatic rings. The number of likely N-dealkylation sites (tertiary alicyclic amines) is 2. The molecule has 2 aliphatic heterocycles. The van der Waals surface area contributed by atoms with Crippen molar-refractivity contribution in [3.8, 4) is 0 Å². The van der Waals surface area contributed by atoms with Gasteiger partial charge in [-0.15, -0.1) is 0 Å². The predicted molar refractivity (Wildman–Crippen MR) is 216 cm³/mol. The lowest BCUT2D eigenvalue weighted by molar-refractivity contribution is -0.124. The highest BCUT2D eigenvalue weighted by atomic mass is 16.2. The summed E-state index contributed by atoms with van der Waals surface area (Å²) in [5.74, 6) is -0.186. The molecule has 4 aromatic carbocycles. The third-order valence-corrected chi connectivity index (χ3v) is 12.4. The molecule has 2 atom stereocenters. The van der Waals surface area contributed by atoms with Crippen LogP contribution in [0.4, 0.5) is 0 Å². The Kier molecular flexibility index (Phi) is 13.5. The van der Waals surface area contributed by atoms with Gasteiger partial charge in [-0.1, -0.05) is 166 Å². The van der Waals surface area contributed by atoms with Crippen LogP contribution in [-0.4, -0.2) is 60.9 Å². The van der Waals surface area contributed by atoms with Crippen LogP contribution in [0.3, 0.4) is 0 Å². The van der Waals surface area contributed by atoms with Gasteiger partial charge in [0.25, 0.3) is 0 Å². The highest BCUT2D eigenvalue weighted by molar-refractivity contribution is 5.92. The number of amides is 2. The van der Waals surface area contributed by atoms with Gasteiger partial charge in [-0.3, -0.25) is 9.59 Å². The average Bonchev–Trinajstić information content (AvgIpc) is 3.87. The third kappa shape index (κ3) is 8.60. The number of carbonyl (C=O) groups is 2. The summed E-state index contributed by atoms with van der Waals surface area (Å²) in [6.07, 6.45) is 13.4. The molecule has 6 nitrogen and oxygen atoms in total. The van der Waals surface area contributed by atoms with Crippen LogP contribution in [0, 0.1) is 11.8 Å². The molecule has 2 aliphatic rings. The van der Waals surface area contributed by atoms with E-state index in [1.807, 2.05) is 72.8 Å². The highest BCUT2D eigenvalue weighted by Crippen LogP contribution is 2.45. The van der Waals surface area contributed by atoms with Crippen LogP contribution in [0.5, 0.6) is 0 Å². The first-order valence-electron chi connectivity index (χ1n) is 20.2. The summed E-state index contributed by atoms with van der Waals surface area (Å²) in [5.41, 5.74) is 15.0. The van der Waals surface area contributed by atoms with Crippen LogP contribution in [0.25, 0.3) is 0 Å². The van der Waals surface area contributed by atoms with Crippen LogP contribution in [0.2, 0.25) is 0 Å². The van der Waals surface area contributed by atoms with E-state index in [9.17, 15) is 9.59 Å². The molecule has 280 valence electrons. The van der Waals surface area contributed by atoms with Gasteiger partial charge in [-0.2, -0.15) is 0 Å². The largest absolute Gasteiger partial charge is 0.369 e. The fraction of sp³-hybridized carbons (Fsp3) is 0.447. The first-order chi connectivity index (χ1) is 26.0. The molecule has 0 radical (unpaired) electrons. The minimum atomic E-state index is -0.810. The second-order valence-electron chi connectivity index (χ2n) is 15.6. The SMILES string of the molecule is NC(=O)C(c1ccccc1)(c1ccccc1)C1CCN(CCCCCCCCCCCN2CCC(C(C(N)=O)(c3ccccc3)c3ccccc3)C2)C1. The number of benzene rings is 4. The molecular formula is C47H60N4O2. The monoisotopic (exact) mass is 712 g/mol. The summed E-state index contributed by atoms with van der Waals surface area (Å²) >= 11 is 0. The van der Waals surface area contributed by atoms with Crippen molar-refractivity contribution in [2.75, 3.05) is 39.3 Å². The standard InChI is InChI=1S/C47H60N4O2/c48-44(52)46(38-22-12-8-13-23-38,39-24-14-9-15-25-39)42-30-34-50(36-42)32-20-6-4-2-1-3-5-7-21-33-51-35-31-43(37-51)47(45(49)53,40-26-16-10-17-27-40)41-28-18-11-19-29-41/h8-19,22-29,42-43H,1-7,20-21,30-37H2,(H2,48,52)(H2,49,53). The van der Waals surface area contributed by atoms with Gasteiger partial charge >= 0.3 is 0 Å². The Morgan fingerprint density at radius 3 is 0.981 bits per heavy atom. The summed E-state index contributed by atoms with van der Waals surface area (Å²) in [7, 11) is 0. The fourth-order valence-corrected chi connectivity index (χ4v) is 9.74. The third-order valence-electron chi connectivity index (χ3n) is 12.4. The van der Waals surface area contributed by atoms with Gasteiger partial charge in [0.2, 0.25) is 11.8 Å². The lowest BCUT2D eigenvalue weighted by atomic mass is 9.64. The minimum absolute atomic E-state index is 0.156. The van der Waals surface area contributed by atoms with Gasteiger partial charge in [-0.05, 0) is 86.0 Å². The molecule has 0 saturated carbocycles. The van der Waals surface area contributed by atoms with Gasteiger partial charge in [0.05, 0.1) is 0 Å². The van der Waals surface area contributed by atoms with Crippen molar-refractivity contribution in [2.24, 2.45) is 23.3 Å². The molecule has 2 heterocycles. The Morgan fingerprint density at radius 2 is 0.717 bits per heavy atom. The first kappa shape index (κ1) is 38.5. The molecule has 2 fully saturated rings. The Balaban J connectivity index is 0.875. The number of hydrogen-bond acceptors (Lipinski definition) is 4. The zero-order chi connectivity index (χ0) is 36.9. The number of primary amides is 2. The second kappa shape index (κ2) is 18.7. The Labute approximate surface area is 318 Å². The van der Waals surface area contributed by atoms with E-state index in [1.54, 1.807) is 0 Å². The molecule has 4 N–H and O–H groups in total. The minimum Gasteiger partial charge on any atom is -0.369 e. The molecular weight excluding hydrogens is 653 g/mol. The molecule has 6 heteroatoms. The van der Waals surface area contributed by atoms with Gasteiger partial charge in [0.15, 0.2) is 0 Å². The smallest absolute Gasteiger partial charge is 0.232 e. The maximum Gasteiger partial charge on any atom is 0.232 e. The molecule has 6 rings (SSSR count). The Hall–Kier alpha value is -4.26. The molecule has 2 unspecified atom stereocenters. The summed E-state index contributed by atoms with van der Waals surface area (Å²) in [5, 5.41) is 0. The maximum atomic E-state index is 13.4. The number of carbonyl (C=O) groups excluding carboxylic acids is 2. The normalized spacial score (nSPS) is 18.3. The van der Waals surface area contributed by atoms with Crippen LogP contribution >= 0.6 is 0 Å². The van der Waals surface area contributed by atoms with E-state index < -0.39 is 10.8 Å². The van der Waals surface area contributed by atoms with Crippen LogP contribution in [0.15, 0.2) is 121 Å². The average molecular weight is 713 g/mol. The van der Waals surface area contributed by atoms with Crippen molar-refractivity contribution in [3.05, 3.63) is 144 Å². The number of rotatable bonds is 20. The lowest BCUT2D eigenvalue weighted by Crippen LogP contribution is -2.49. The Bertz CT molecular complexity index is 1490.